The van der Waals surface area contributed by atoms with E-state index in [9.17, 15) is 4.79 Å². The monoisotopic (exact) mass is 250 g/mol. The van der Waals surface area contributed by atoms with Gasteiger partial charge in [0.15, 0.2) is 0 Å². The van der Waals surface area contributed by atoms with Crippen molar-refractivity contribution in [2.24, 2.45) is 0 Å². The van der Waals surface area contributed by atoms with E-state index in [-0.39, 0.29) is 0 Å². The van der Waals surface area contributed by atoms with Crippen molar-refractivity contribution >= 4 is 23.3 Å². The fourth-order valence-corrected chi connectivity index (χ4v) is 2.31. The SMILES string of the molecule is CCC/C(=C\C(=O)O)c1ccc(SCC)cc1. The summed E-state index contributed by atoms with van der Waals surface area (Å²) >= 11 is 1.79. The van der Waals surface area contributed by atoms with Gasteiger partial charge in [-0.25, -0.2) is 4.79 Å². The molecule has 0 aliphatic carbocycles. The number of carboxylic acids is 1. The van der Waals surface area contributed by atoms with Crippen LogP contribution >= 0.6 is 11.8 Å². The number of thioether (sulfide) groups is 1. The molecule has 0 saturated heterocycles. The zero-order valence-electron chi connectivity index (χ0n) is 10.3. The number of rotatable bonds is 6. The summed E-state index contributed by atoms with van der Waals surface area (Å²) in [6, 6.07) is 8.11. The summed E-state index contributed by atoms with van der Waals surface area (Å²) < 4.78 is 0. The first-order chi connectivity index (χ1) is 8.17. The number of carboxylic acid groups (broad SMARTS) is 1. The molecular formula is C14H18O2S. The molecule has 0 atom stereocenters. The van der Waals surface area contributed by atoms with Crippen LogP contribution < -0.4 is 0 Å². The lowest BCUT2D eigenvalue weighted by Gasteiger charge is -2.06. The largest absolute Gasteiger partial charge is 0.478 e. The van der Waals surface area contributed by atoms with Crippen LogP contribution in [0, 0.1) is 0 Å². The van der Waals surface area contributed by atoms with Crippen molar-refractivity contribution in [1.82, 2.24) is 0 Å². The Labute approximate surface area is 107 Å². The summed E-state index contributed by atoms with van der Waals surface area (Å²) in [5, 5.41) is 8.83. The molecule has 2 nitrogen and oxygen atoms in total. The standard InChI is InChI=1S/C14H18O2S/c1-3-5-12(10-14(15)16)11-6-8-13(9-7-11)17-4-2/h6-10H,3-5H2,1-2H3,(H,15,16)/b12-10+. The highest BCUT2D eigenvalue weighted by Gasteiger charge is 2.03. The first kappa shape index (κ1) is 13.8. The van der Waals surface area contributed by atoms with Crippen molar-refractivity contribution in [3.05, 3.63) is 35.9 Å². The lowest BCUT2D eigenvalue weighted by atomic mass is 10.0. The van der Waals surface area contributed by atoms with Gasteiger partial charge in [0, 0.05) is 11.0 Å². The molecule has 0 bridgehead atoms. The second-order valence-corrected chi connectivity index (χ2v) is 5.05. The molecule has 0 aliphatic rings. The maximum absolute atomic E-state index is 10.7. The Kier molecular flexibility index (Phi) is 5.84. The molecule has 1 N–H and O–H groups in total. The van der Waals surface area contributed by atoms with Crippen molar-refractivity contribution in [3.8, 4) is 0 Å². The number of allylic oxidation sites excluding steroid dienone is 1. The van der Waals surface area contributed by atoms with E-state index in [1.807, 2.05) is 12.1 Å². The molecule has 0 spiro atoms. The summed E-state index contributed by atoms with van der Waals surface area (Å²) in [5.41, 5.74) is 1.91. The molecule has 17 heavy (non-hydrogen) atoms. The molecule has 1 rings (SSSR count). The highest BCUT2D eigenvalue weighted by atomic mass is 32.2. The normalized spacial score (nSPS) is 11.5. The van der Waals surface area contributed by atoms with Crippen LogP contribution in [-0.4, -0.2) is 16.8 Å². The summed E-state index contributed by atoms with van der Waals surface area (Å²) in [6.45, 7) is 4.17. The van der Waals surface area contributed by atoms with Gasteiger partial charge in [-0.15, -0.1) is 11.8 Å². The summed E-state index contributed by atoms with van der Waals surface area (Å²) in [5.74, 6) is 0.173. The number of hydrogen-bond acceptors (Lipinski definition) is 2. The van der Waals surface area contributed by atoms with Crippen LogP contribution in [0.1, 0.15) is 32.3 Å². The van der Waals surface area contributed by atoms with Gasteiger partial charge in [-0.1, -0.05) is 32.4 Å². The molecule has 0 fully saturated rings. The Hall–Kier alpha value is -1.22. The molecule has 1 aromatic carbocycles. The maximum Gasteiger partial charge on any atom is 0.328 e. The minimum atomic E-state index is -0.875. The van der Waals surface area contributed by atoms with Crippen molar-refractivity contribution < 1.29 is 9.90 Å². The minimum Gasteiger partial charge on any atom is -0.478 e. The van der Waals surface area contributed by atoms with Crippen LogP contribution in [0.3, 0.4) is 0 Å². The van der Waals surface area contributed by atoms with E-state index in [2.05, 4.69) is 26.0 Å². The second-order valence-electron chi connectivity index (χ2n) is 3.72. The van der Waals surface area contributed by atoms with E-state index in [1.54, 1.807) is 11.8 Å². The van der Waals surface area contributed by atoms with Gasteiger partial charge in [0.2, 0.25) is 0 Å². The Bertz CT molecular complexity index is 393. The number of aliphatic carboxylic acids is 1. The summed E-state index contributed by atoms with van der Waals surface area (Å²) in [6.07, 6.45) is 3.06. The van der Waals surface area contributed by atoms with Gasteiger partial charge in [-0.2, -0.15) is 0 Å². The number of benzene rings is 1. The van der Waals surface area contributed by atoms with Crippen LogP contribution in [0.15, 0.2) is 35.2 Å². The molecule has 3 heteroatoms. The first-order valence-corrected chi connectivity index (χ1v) is 6.82. The van der Waals surface area contributed by atoms with Crippen molar-refractivity contribution in [1.29, 1.82) is 0 Å². The summed E-state index contributed by atoms with van der Waals surface area (Å²) in [7, 11) is 0. The molecule has 0 heterocycles. The Morgan fingerprint density at radius 1 is 1.29 bits per heavy atom. The van der Waals surface area contributed by atoms with E-state index >= 15 is 0 Å². The van der Waals surface area contributed by atoms with Gasteiger partial charge in [0.25, 0.3) is 0 Å². The van der Waals surface area contributed by atoms with Gasteiger partial charge >= 0.3 is 5.97 Å². The Balaban J connectivity index is 2.91. The Morgan fingerprint density at radius 2 is 1.94 bits per heavy atom. The maximum atomic E-state index is 10.7. The molecule has 0 radical (unpaired) electrons. The molecule has 1 aromatic rings. The molecular weight excluding hydrogens is 232 g/mol. The second kappa shape index (κ2) is 7.17. The van der Waals surface area contributed by atoms with E-state index < -0.39 is 5.97 Å². The van der Waals surface area contributed by atoms with E-state index in [1.165, 1.54) is 11.0 Å². The average Bonchev–Trinajstić information content (AvgIpc) is 2.29. The fourth-order valence-electron chi connectivity index (χ4n) is 1.65. The molecule has 0 aliphatic heterocycles. The van der Waals surface area contributed by atoms with Gasteiger partial charge in [0.05, 0.1) is 0 Å². The van der Waals surface area contributed by atoms with Crippen LogP contribution in [0.4, 0.5) is 0 Å². The minimum absolute atomic E-state index is 0.798. The highest BCUT2D eigenvalue weighted by molar-refractivity contribution is 7.99. The van der Waals surface area contributed by atoms with Gasteiger partial charge in [-0.05, 0) is 35.4 Å². The third-order valence-electron chi connectivity index (χ3n) is 2.35. The zero-order chi connectivity index (χ0) is 12.7. The van der Waals surface area contributed by atoms with Gasteiger partial charge < -0.3 is 5.11 Å². The zero-order valence-corrected chi connectivity index (χ0v) is 11.1. The summed E-state index contributed by atoms with van der Waals surface area (Å²) in [4.78, 5) is 12.0. The average molecular weight is 250 g/mol. The third-order valence-corrected chi connectivity index (χ3v) is 3.25. The molecule has 0 amide bonds. The van der Waals surface area contributed by atoms with E-state index in [0.29, 0.717) is 0 Å². The topological polar surface area (TPSA) is 37.3 Å². The fraction of sp³-hybridized carbons (Fsp3) is 0.357. The molecule has 92 valence electrons. The van der Waals surface area contributed by atoms with Crippen LogP contribution in [-0.2, 0) is 4.79 Å². The molecule has 0 unspecified atom stereocenters. The molecule has 0 aromatic heterocycles. The first-order valence-electron chi connectivity index (χ1n) is 5.84. The predicted octanol–water partition coefficient (Wildman–Crippen LogP) is 4.07. The predicted molar refractivity (Wildman–Crippen MR) is 73.4 cm³/mol. The quantitative estimate of drug-likeness (QED) is 0.611. The lowest BCUT2D eigenvalue weighted by molar-refractivity contribution is -0.131. The van der Waals surface area contributed by atoms with Crippen molar-refractivity contribution in [2.75, 3.05) is 5.75 Å². The van der Waals surface area contributed by atoms with E-state index in [0.717, 1.165) is 29.7 Å². The van der Waals surface area contributed by atoms with Crippen molar-refractivity contribution in [2.45, 2.75) is 31.6 Å². The van der Waals surface area contributed by atoms with Gasteiger partial charge in [0.1, 0.15) is 0 Å². The third kappa shape index (κ3) is 4.65. The lowest BCUT2D eigenvalue weighted by Crippen LogP contribution is -1.93. The smallest absolute Gasteiger partial charge is 0.328 e. The molecule has 0 saturated carbocycles. The van der Waals surface area contributed by atoms with Crippen LogP contribution in [0.5, 0.6) is 0 Å². The Morgan fingerprint density at radius 3 is 2.41 bits per heavy atom. The number of hydrogen-bond donors (Lipinski definition) is 1. The van der Waals surface area contributed by atoms with E-state index in [4.69, 9.17) is 5.11 Å². The van der Waals surface area contributed by atoms with Crippen LogP contribution in [0.25, 0.3) is 5.57 Å². The van der Waals surface area contributed by atoms with Crippen LogP contribution in [0.2, 0.25) is 0 Å². The highest BCUT2D eigenvalue weighted by Crippen LogP contribution is 2.24. The number of carbonyl (C=O) groups is 1. The van der Waals surface area contributed by atoms with Crippen molar-refractivity contribution in [3.63, 3.8) is 0 Å². The van der Waals surface area contributed by atoms with Gasteiger partial charge in [-0.3, -0.25) is 0 Å².